The molecule has 2 atom stereocenters. The first-order valence-electron chi connectivity index (χ1n) is 10.2. The Balaban J connectivity index is 1.86. The summed E-state index contributed by atoms with van der Waals surface area (Å²) in [4.78, 5) is 60.0. The van der Waals surface area contributed by atoms with Crippen LogP contribution in [0.3, 0.4) is 0 Å². The second-order valence-electron chi connectivity index (χ2n) is 8.37. The third kappa shape index (κ3) is 7.53. The summed E-state index contributed by atoms with van der Waals surface area (Å²) in [6.07, 6.45) is -0.874. The van der Waals surface area contributed by atoms with E-state index >= 15 is 0 Å². The molecule has 2 unspecified atom stereocenters. The summed E-state index contributed by atoms with van der Waals surface area (Å²) in [6, 6.07) is -2.68. The number of nitrogens with zero attached hydrogens (tertiary/aromatic N) is 2. The van der Waals surface area contributed by atoms with Gasteiger partial charge in [0.05, 0.1) is 11.5 Å². The molecule has 2 aliphatic rings. The Hall–Kier alpha value is -2.98. The van der Waals surface area contributed by atoms with E-state index in [4.69, 9.17) is 9.02 Å². The lowest BCUT2D eigenvalue weighted by Crippen LogP contribution is -2.51. The lowest BCUT2D eigenvalue weighted by atomic mass is 9.97. The molecule has 0 spiro atoms. The normalized spacial score (nSPS) is 20.1. The second-order valence-corrected chi connectivity index (χ2v) is 9.57. The van der Waals surface area contributed by atoms with Gasteiger partial charge in [0.2, 0.25) is 6.79 Å². The van der Waals surface area contributed by atoms with Gasteiger partial charge in [-0.05, 0) is 33.6 Å². The van der Waals surface area contributed by atoms with Gasteiger partial charge in [-0.3, -0.25) is 19.7 Å². The van der Waals surface area contributed by atoms with Gasteiger partial charge in [0.25, 0.3) is 5.91 Å². The minimum atomic E-state index is -4.67. The minimum Gasteiger partial charge on any atom is -0.463 e. The minimum absolute atomic E-state index is 0.0296. The summed E-state index contributed by atoms with van der Waals surface area (Å²) in [5.74, 6) is -2.10. The van der Waals surface area contributed by atoms with Crippen LogP contribution in [0, 0.1) is 5.41 Å². The number of esters is 2. The summed E-state index contributed by atoms with van der Waals surface area (Å²) in [5.41, 5.74) is -0.773. The van der Waals surface area contributed by atoms with E-state index < -0.39 is 71.3 Å². The topological polar surface area (TPSA) is 184 Å². The zero-order valence-electron chi connectivity index (χ0n) is 19.1. The maximum Gasteiger partial charge on any atom is 0.421 e. The Labute approximate surface area is 195 Å². The second kappa shape index (κ2) is 11.0. The number of imide groups is 1. The molecule has 1 N–H and O–H groups in total. The van der Waals surface area contributed by atoms with E-state index in [1.54, 1.807) is 20.8 Å². The smallest absolute Gasteiger partial charge is 0.421 e. The van der Waals surface area contributed by atoms with Crippen LogP contribution in [0.25, 0.3) is 0 Å². The number of hydrogen-bond donors (Lipinski definition) is 1. The summed E-state index contributed by atoms with van der Waals surface area (Å²) >= 11 is 0. The first kappa shape index (κ1) is 27.3. The fraction of sp³-hybridized carbons (Fsp3) is 0.722. The van der Waals surface area contributed by atoms with Crippen LogP contribution in [-0.2, 0) is 47.5 Å². The summed E-state index contributed by atoms with van der Waals surface area (Å²) in [6.45, 7) is 4.38. The van der Waals surface area contributed by atoms with Gasteiger partial charge in [0.1, 0.15) is 19.3 Å². The van der Waals surface area contributed by atoms with Crippen LogP contribution in [0.1, 0.15) is 40.5 Å². The molecule has 2 rings (SSSR count). The maximum absolute atomic E-state index is 12.6. The van der Waals surface area contributed by atoms with Crippen LogP contribution in [0.15, 0.2) is 0 Å². The number of hydrogen-bond acceptors (Lipinski definition) is 12. The van der Waals surface area contributed by atoms with Gasteiger partial charge in [-0.1, -0.05) is 0 Å². The molecule has 2 bridgehead atoms. The van der Waals surface area contributed by atoms with Gasteiger partial charge in [0.15, 0.2) is 0 Å². The average molecular weight is 509 g/mol. The van der Waals surface area contributed by atoms with Gasteiger partial charge in [-0.25, -0.2) is 13.8 Å². The van der Waals surface area contributed by atoms with Crippen molar-refractivity contribution in [2.45, 2.75) is 52.6 Å². The number of amides is 4. The number of rotatable bonds is 9. The molecular weight excluding hydrogens is 482 g/mol. The van der Waals surface area contributed by atoms with Gasteiger partial charge >= 0.3 is 34.5 Å². The van der Waals surface area contributed by atoms with Crippen molar-refractivity contribution >= 4 is 40.4 Å². The number of alkyl carbamates (subject to hydrolysis) is 1. The van der Waals surface area contributed by atoms with E-state index in [1.807, 2.05) is 5.32 Å². The van der Waals surface area contributed by atoms with Crippen molar-refractivity contribution in [3.05, 3.63) is 0 Å². The molecule has 2 fully saturated rings. The van der Waals surface area contributed by atoms with Crippen LogP contribution < -0.4 is 5.32 Å². The van der Waals surface area contributed by atoms with Crippen molar-refractivity contribution in [2.24, 2.45) is 5.41 Å². The number of ether oxygens (including phenoxy) is 3. The molecule has 0 saturated carbocycles. The Morgan fingerprint density at radius 3 is 2.35 bits per heavy atom. The molecule has 0 aliphatic carbocycles. The largest absolute Gasteiger partial charge is 0.463 e. The number of carbonyl (C=O) groups is 5. The Kier molecular flexibility index (Phi) is 8.79. The van der Waals surface area contributed by atoms with Crippen LogP contribution in [0.2, 0.25) is 0 Å². The highest BCUT2D eigenvalue weighted by Crippen LogP contribution is 2.31. The quantitative estimate of drug-likeness (QED) is 0.246. The predicted molar refractivity (Wildman–Crippen MR) is 108 cm³/mol. The van der Waals surface area contributed by atoms with Crippen LogP contribution in [0.4, 0.5) is 9.59 Å². The van der Waals surface area contributed by atoms with Gasteiger partial charge in [0, 0.05) is 13.5 Å². The van der Waals surface area contributed by atoms with Gasteiger partial charge in [-0.2, -0.15) is 13.5 Å². The fourth-order valence-corrected chi connectivity index (χ4v) is 3.69. The lowest BCUT2D eigenvalue weighted by Gasteiger charge is -2.28. The monoisotopic (exact) mass is 509 g/mol. The van der Waals surface area contributed by atoms with Crippen LogP contribution in [-0.4, -0.2) is 87.0 Å². The third-order valence-electron chi connectivity index (χ3n) is 4.63. The van der Waals surface area contributed by atoms with E-state index in [0.717, 1.165) is 11.8 Å². The molecule has 192 valence electrons. The maximum atomic E-state index is 12.6. The molecule has 0 aromatic rings. The predicted octanol–water partition coefficient (Wildman–Crippen LogP) is -0.189. The molecule has 16 heteroatoms. The first-order valence-corrected chi connectivity index (χ1v) is 11.5. The SMILES string of the molecule is CC(=O)OCOC(=O)NC(=O)C1CCC2CN1C(=O)N2OS(=O)(=O)OCCOC(=O)C(C)(C)C. The molecule has 2 aliphatic heterocycles. The highest BCUT2D eigenvalue weighted by molar-refractivity contribution is 7.81. The highest BCUT2D eigenvalue weighted by atomic mass is 32.3. The Morgan fingerprint density at radius 2 is 1.74 bits per heavy atom. The number of fused-ring (bicyclic) bond motifs is 2. The molecule has 2 saturated heterocycles. The molecule has 0 aromatic heterocycles. The van der Waals surface area contributed by atoms with Crippen molar-refractivity contribution in [3.63, 3.8) is 0 Å². The van der Waals surface area contributed by atoms with Crippen molar-refractivity contribution in [1.82, 2.24) is 15.3 Å². The van der Waals surface area contributed by atoms with E-state index in [0.29, 0.717) is 5.06 Å². The first-order chi connectivity index (χ1) is 15.7. The van der Waals surface area contributed by atoms with Crippen molar-refractivity contribution in [1.29, 1.82) is 0 Å². The zero-order chi connectivity index (χ0) is 25.7. The number of urea groups is 1. The van der Waals surface area contributed by atoms with Crippen molar-refractivity contribution < 1.29 is 55.1 Å². The molecular formula is C18H27N3O12S. The van der Waals surface area contributed by atoms with Crippen molar-refractivity contribution in [3.8, 4) is 0 Å². The molecule has 34 heavy (non-hydrogen) atoms. The Bertz CT molecular complexity index is 929. The van der Waals surface area contributed by atoms with E-state index in [2.05, 4.69) is 13.7 Å². The fourth-order valence-electron chi connectivity index (χ4n) is 3.00. The molecule has 15 nitrogen and oxygen atoms in total. The summed E-state index contributed by atoms with van der Waals surface area (Å²) in [5, 5.41) is 2.50. The van der Waals surface area contributed by atoms with E-state index in [-0.39, 0.29) is 26.0 Å². The lowest BCUT2D eigenvalue weighted by molar-refractivity contribution is -0.154. The highest BCUT2D eigenvalue weighted by Gasteiger charge is 2.49. The zero-order valence-corrected chi connectivity index (χ0v) is 19.9. The standard InChI is InChI=1S/C18H27N3O12S/c1-11(22)30-10-31-16(25)19-14(23)13-6-5-12-9-20(13)17(26)21(12)33-34(27,28)32-8-7-29-15(24)18(2,3)4/h12-13H,5-10H2,1-4H3,(H,19,23,25). The third-order valence-corrected chi connectivity index (χ3v) is 5.43. The number of carbonyl (C=O) groups excluding carboxylic acids is 5. The molecule has 0 aromatic carbocycles. The summed E-state index contributed by atoms with van der Waals surface area (Å²) in [7, 11) is -4.67. The number of piperidine rings is 1. The number of nitrogens with one attached hydrogen (secondary N) is 1. The summed E-state index contributed by atoms with van der Waals surface area (Å²) < 4.78 is 47.4. The van der Waals surface area contributed by atoms with E-state index in [1.165, 1.54) is 0 Å². The average Bonchev–Trinajstić information content (AvgIpc) is 2.94. The van der Waals surface area contributed by atoms with Crippen molar-refractivity contribution in [2.75, 3.05) is 26.6 Å². The number of hydroxylamine groups is 2. The van der Waals surface area contributed by atoms with Gasteiger partial charge < -0.3 is 19.1 Å². The van der Waals surface area contributed by atoms with Gasteiger partial charge in [-0.15, -0.1) is 4.28 Å². The molecule has 4 amide bonds. The van der Waals surface area contributed by atoms with Crippen LogP contribution in [0.5, 0.6) is 0 Å². The Morgan fingerprint density at radius 1 is 1.06 bits per heavy atom. The molecule has 0 radical (unpaired) electrons. The van der Waals surface area contributed by atoms with Crippen LogP contribution >= 0.6 is 0 Å². The van der Waals surface area contributed by atoms with E-state index in [9.17, 15) is 32.4 Å². The molecule has 2 heterocycles.